The van der Waals surface area contributed by atoms with E-state index in [-0.39, 0.29) is 5.91 Å². The Morgan fingerprint density at radius 2 is 1.79 bits per heavy atom. The van der Waals surface area contributed by atoms with Crippen molar-refractivity contribution in [1.29, 1.82) is 0 Å². The van der Waals surface area contributed by atoms with Gasteiger partial charge in [-0.05, 0) is 42.0 Å². The van der Waals surface area contributed by atoms with Crippen LogP contribution >= 0.6 is 0 Å². The van der Waals surface area contributed by atoms with Gasteiger partial charge < -0.3 is 19.1 Å². The summed E-state index contributed by atoms with van der Waals surface area (Å²) in [6.07, 6.45) is 2.36. The van der Waals surface area contributed by atoms with Crippen LogP contribution in [-0.2, 0) is 16.1 Å². The van der Waals surface area contributed by atoms with Gasteiger partial charge in [0, 0.05) is 48.8 Å². The first-order valence-corrected chi connectivity index (χ1v) is 11.2. The lowest BCUT2D eigenvalue weighted by Crippen LogP contribution is -2.52. The maximum Gasteiger partial charge on any atom is 0.412 e. The van der Waals surface area contributed by atoms with E-state index in [1.54, 1.807) is 12.3 Å². The van der Waals surface area contributed by atoms with Gasteiger partial charge >= 0.3 is 6.09 Å². The van der Waals surface area contributed by atoms with Crippen molar-refractivity contribution in [2.24, 2.45) is 0 Å². The van der Waals surface area contributed by atoms with E-state index >= 15 is 0 Å². The number of methoxy groups -OCH3 is 1. The van der Waals surface area contributed by atoms with Crippen LogP contribution in [0.1, 0.15) is 28.8 Å². The second kappa shape index (κ2) is 9.15. The number of nitrogens with one attached hydrogen (secondary N) is 1. The highest BCUT2D eigenvalue weighted by molar-refractivity contribution is 5.94. The van der Waals surface area contributed by atoms with E-state index in [1.165, 1.54) is 7.11 Å². The molecule has 2 aromatic carbocycles. The lowest BCUT2D eigenvalue weighted by atomic mass is 9.99. The summed E-state index contributed by atoms with van der Waals surface area (Å²) in [5.41, 5.74) is 3.54. The monoisotopic (exact) mass is 459 g/mol. The molecule has 1 spiro atoms. The Kier molecular flexibility index (Phi) is 5.90. The summed E-state index contributed by atoms with van der Waals surface area (Å²) in [5.74, 6) is 0.553. The molecule has 3 heterocycles. The summed E-state index contributed by atoms with van der Waals surface area (Å²) in [7, 11) is 1.30. The normalized spacial score (nSPS) is 16.3. The molecule has 1 fully saturated rings. The van der Waals surface area contributed by atoms with Crippen molar-refractivity contribution in [1.82, 2.24) is 9.88 Å². The smallest absolute Gasteiger partial charge is 0.412 e. The lowest BCUT2D eigenvalue weighted by molar-refractivity contribution is -0.225. The molecule has 2 amide bonds. The van der Waals surface area contributed by atoms with Crippen molar-refractivity contribution in [2.75, 3.05) is 25.5 Å². The summed E-state index contributed by atoms with van der Waals surface area (Å²) in [4.78, 5) is 30.2. The summed E-state index contributed by atoms with van der Waals surface area (Å²) in [5, 5.41) is 2.54. The van der Waals surface area contributed by atoms with Gasteiger partial charge in [-0.25, -0.2) is 9.78 Å². The van der Waals surface area contributed by atoms with Crippen LogP contribution in [0.5, 0.6) is 5.75 Å². The van der Waals surface area contributed by atoms with E-state index in [1.807, 2.05) is 59.5 Å². The maximum atomic E-state index is 12.7. The first-order valence-electron chi connectivity index (χ1n) is 11.2. The van der Waals surface area contributed by atoms with E-state index in [0.29, 0.717) is 43.9 Å². The molecule has 8 heteroatoms. The zero-order valence-electron chi connectivity index (χ0n) is 18.8. The Morgan fingerprint density at radius 3 is 2.50 bits per heavy atom. The van der Waals surface area contributed by atoms with Crippen LogP contribution in [-0.4, -0.2) is 47.9 Å². The van der Waals surface area contributed by atoms with Gasteiger partial charge in [-0.1, -0.05) is 24.3 Å². The number of nitrogens with zero attached hydrogens (tertiary/aromatic N) is 2. The number of likely N-dealkylation sites (tertiary alicyclic amines) is 1. The number of amides is 2. The molecule has 0 bridgehead atoms. The number of fused-ring (bicyclic) bond motifs is 1. The highest BCUT2D eigenvalue weighted by Gasteiger charge is 2.42. The number of ether oxygens (including phenoxy) is 3. The molecule has 8 nitrogen and oxygen atoms in total. The van der Waals surface area contributed by atoms with Crippen molar-refractivity contribution in [3.63, 3.8) is 0 Å². The fourth-order valence-electron chi connectivity index (χ4n) is 4.26. The van der Waals surface area contributed by atoms with Crippen LogP contribution in [0.3, 0.4) is 0 Å². The fraction of sp³-hybridized carbons (Fsp3) is 0.269. The van der Waals surface area contributed by atoms with Crippen molar-refractivity contribution in [2.45, 2.75) is 25.2 Å². The van der Waals surface area contributed by atoms with E-state index < -0.39 is 11.9 Å². The number of anilines is 1. The van der Waals surface area contributed by atoms with E-state index in [9.17, 15) is 9.59 Å². The average Bonchev–Trinajstić information content (AvgIpc) is 2.89. The van der Waals surface area contributed by atoms with Gasteiger partial charge in [-0.2, -0.15) is 0 Å². The molecule has 2 aliphatic rings. The van der Waals surface area contributed by atoms with Crippen LogP contribution in [0.4, 0.5) is 10.6 Å². The fourth-order valence-corrected chi connectivity index (χ4v) is 4.26. The number of hydrogen-bond acceptors (Lipinski definition) is 6. The molecule has 0 radical (unpaired) electrons. The molecular weight excluding hydrogens is 434 g/mol. The topological polar surface area (TPSA) is 90.0 Å². The number of aromatic nitrogens is 1. The summed E-state index contributed by atoms with van der Waals surface area (Å²) in [6.45, 7) is 1.60. The minimum Gasteiger partial charge on any atom is -0.462 e. The number of carbonyl (C=O) groups is 2. The molecule has 0 unspecified atom stereocenters. The Balaban J connectivity index is 1.24. The largest absolute Gasteiger partial charge is 0.462 e. The number of piperidine rings is 1. The second-order valence-corrected chi connectivity index (χ2v) is 8.33. The number of rotatable bonds is 3. The van der Waals surface area contributed by atoms with Gasteiger partial charge in [0.15, 0.2) is 0 Å². The standard InChI is InChI=1S/C26H25N3O5/c1-32-25(31)28-23-10-8-20(16-27-23)19-7-9-22-21(15-19)17-33-26(34-22)11-13-29(14-12-26)24(30)18-5-3-2-4-6-18/h2-10,15-16H,11-14,17H2,1H3,(H,27,28,31). The number of carbonyl (C=O) groups excluding carboxylic acids is 2. The molecule has 1 aromatic heterocycles. The molecule has 34 heavy (non-hydrogen) atoms. The Bertz CT molecular complexity index is 1190. The third kappa shape index (κ3) is 4.45. The highest BCUT2D eigenvalue weighted by atomic mass is 16.7. The van der Waals surface area contributed by atoms with Gasteiger partial charge in [0.05, 0.1) is 13.7 Å². The third-order valence-corrected chi connectivity index (χ3v) is 6.19. The van der Waals surface area contributed by atoms with Gasteiger partial charge in [-0.15, -0.1) is 0 Å². The first-order chi connectivity index (χ1) is 16.5. The van der Waals surface area contributed by atoms with Crippen LogP contribution < -0.4 is 10.1 Å². The minimum absolute atomic E-state index is 0.0396. The number of hydrogen-bond donors (Lipinski definition) is 1. The zero-order chi connectivity index (χ0) is 23.5. The quantitative estimate of drug-likeness (QED) is 0.622. The van der Waals surface area contributed by atoms with Crippen molar-refractivity contribution in [3.05, 3.63) is 78.0 Å². The summed E-state index contributed by atoms with van der Waals surface area (Å²) < 4.78 is 17.1. The predicted molar refractivity (Wildman–Crippen MR) is 125 cm³/mol. The Hall–Kier alpha value is -3.91. The predicted octanol–water partition coefficient (Wildman–Crippen LogP) is 4.47. The molecule has 5 rings (SSSR count). The van der Waals surface area contributed by atoms with Gasteiger partial charge in [0.25, 0.3) is 5.91 Å². The van der Waals surface area contributed by atoms with Crippen LogP contribution in [0.15, 0.2) is 66.9 Å². The molecule has 0 atom stereocenters. The van der Waals surface area contributed by atoms with Crippen LogP contribution in [0, 0.1) is 0 Å². The van der Waals surface area contributed by atoms with Crippen molar-refractivity contribution >= 4 is 17.8 Å². The first kappa shape index (κ1) is 21.9. The molecule has 2 aliphatic heterocycles. The summed E-state index contributed by atoms with van der Waals surface area (Å²) in [6, 6.07) is 18.9. The van der Waals surface area contributed by atoms with Crippen LogP contribution in [0.2, 0.25) is 0 Å². The van der Waals surface area contributed by atoms with Gasteiger partial charge in [-0.3, -0.25) is 10.1 Å². The molecule has 1 N–H and O–H groups in total. The van der Waals surface area contributed by atoms with Crippen molar-refractivity contribution in [3.8, 4) is 16.9 Å². The average molecular weight is 460 g/mol. The third-order valence-electron chi connectivity index (χ3n) is 6.19. The second-order valence-electron chi connectivity index (χ2n) is 8.33. The Labute approximate surface area is 197 Å². The minimum atomic E-state index is -0.704. The SMILES string of the molecule is COC(=O)Nc1ccc(-c2ccc3c(c2)COC2(CCN(C(=O)c4ccccc4)CC2)O3)cn1. The van der Waals surface area contributed by atoms with E-state index in [2.05, 4.69) is 15.0 Å². The number of pyridine rings is 1. The van der Waals surface area contributed by atoms with Gasteiger partial charge in [0.2, 0.25) is 5.79 Å². The lowest BCUT2D eigenvalue weighted by Gasteiger charge is -2.44. The van der Waals surface area contributed by atoms with E-state index in [4.69, 9.17) is 9.47 Å². The Morgan fingerprint density at radius 1 is 1.03 bits per heavy atom. The van der Waals surface area contributed by atoms with Gasteiger partial charge in [0.1, 0.15) is 11.6 Å². The molecule has 174 valence electrons. The highest BCUT2D eigenvalue weighted by Crippen LogP contribution is 2.39. The van der Waals surface area contributed by atoms with Crippen molar-refractivity contribution < 1.29 is 23.8 Å². The van der Waals surface area contributed by atoms with E-state index in [0.717, 1.165) is 22.4 Å². The molecule has 0 aliphatic carbocycles. The van der Waals surface area contributed by atoms with Crippen LogP contribution in [0.25, 0.3) is 11.1 Å². The maximum absolute atomic E-state index is 12.7. The molecule has 1 saturated heterocycles. The molecule has 3 aromatic rings. The summed E-state index contributed by atoms with van der Waals surface area (Å²) >= 11 is 0. The zero-order valence-corrected chi connectivity index (χ0v) is 18.8. The molecular formula is C26H25N3O5. The number of benzene rings is 2. The molecule has 0 saturated carbocycles.